The lowest BCUT2D eigenvalue weighted by atomic mass is 9.95. The molecular formula is C13H21NO2. The molecule has 1 unspecified atom stereocenters. The Morgan fingerprint density at radius 2 is 2.44 bits per heavy atom. The van der Waals surface area contributed by atoms with Crippen LogP contribution in [0.4, 0.5) is 0 Å². The third-order valence-corrected chi connectivity index (χ3v) is 3.71. The van der Waals surface area contributed by atoms with E-state index < -0.39 is 0 Å². The molecule has 0 N–H and O–H groups in total. The fraction of sp³-hybridized carbons (Fsp3) is 0.769. The van der Waals surface area contributed by atoms with E-state index in [9.17, 15) is 4.79 Å². The second kappa shape index (κ2) is 5.48. The first-order valence-corrected chi connectivity index (χ1v) is 6.31. The summed E-state index contributed by atoms with van der Waals surface area (Å²) in [4.78, 5) is 13.6. The fourth-order valence-electron chi connectivity index (χ4n) is 2.53. The van der Waals surface area contributed by atoms with Crippen molar-refractivity contribution in [3.05, 3.63) is 11.6 Å². The Balaban J connectivity index is 1.74. The van der Waals surface area contributed by atoms with Crippen LogP contribution in [0.2, 0.25) is 0 Å². The van der Waals surface area contributed by atoms with Crippen LogP contribution in [0.5, 0.6) is 0 Å². The SMILES string of the molecule is COC(=O)C1CCN1CCC1=CCCCC1. The maximum absolute atomic E-state index is 11.4. The minimum absolute atomic E-state index is 0.0363. The van der Waals surface area contributed by atoms with E-state index in [1.54, 1.807) is 5.57 Å². The quantitative estimate of drug-likeness (QED) is 0.540. The summed E-state index contributed by atoms with van der Waals surface area (Å²) in [7, 11) is 1.47. The Morgan fingerprint density at radius 3 is 3.00 bits per heavy atom. The van der Waals surface area contributed by atoms with Crippen molar-refractivity contribution in [3.63, 3.8) is 0 Å². The molecule has 0 amide bonds. The summed E-state index contributed by atoms with van der Waals surface area (Å²) in [6.45, 7) is 2.07. The summed E-state index contributed by atoms with van der Waals surface area (Å²) >= 11 is 0. The number of ether oxygens (including phenoxy) is 1. The second-order valence-electron chi connectivity index (χ2n) is 4.72. The number of carbonyl (C=O) groups excluding carboxylic acids is 1. The summed E-state index contributed by atoms with van der Waals surface area (Å²) in [6.07, 6.45) is 9.67. The standard InChI is InChI=1S/C13H21NO2/c1-16-13(15)12-8-10-14(12)9-7-11-5-3-2-4-6-11/h5,12H,2-4,6-10H2,1H3. The molecule has 1 heterocycles. The summed E-state index contributed by atoms with van der Waals surface area (Å²) in [5, 5.41) is 0. The predicted octanol–water partition coefficient (Wildman–Crippen LogP) is 2.12. The highest BCUT2D eigenvalue weighted by Crippen LogP contribution is 2.24. The van der Waals surface area contributed by atoms with Crippen LogP contribution in [0.1, 0.15) is 38.5 Å². The fourth-order valence-corrected chi connectivity index (χ4v) is 2.53. The Kier molecular flexibility index (Phi) is 3.99. The van der Waals surface area contributed by atoms with Gasteiger partial charge in [-0.05, 0) is 38.5 Å². The van der Waals surface area contributed by atoms with Gasteiger partial charge in [0.1, 0.15) is 6.04 Å². The van der Waals surface area contributed by atoms with Crippen molar-refractivity contribution >= 4 is 5.97 Å². The molecule has 0 aromatic heterocycles. The number of hydrogen-bond acceptors (Lipinski definition) is 3. The summed E-state index contributed by atoms with van der Waals surface area (Å²) in [5.41, 5.74) is 1.58. The van der Waals surface area contributed by atoms with Gasteiger partial charge in [0.15, 0.2) is 0 Å². The summed E-state index contributed by atoms with van der Waals surface area (Å²) in [6, 6.07) is 0.0363. The normalized spacial score (nSPS) is 25.8. The van der Waals surface area contributed by atoms with E-state index in [1.165, 1.54) is 32.8 Å². The van der Waals surface area contributed by atoms with Crippen LogP contribution < -0.4 is 0 Å². The van der Waals surface area contributed by atoms with Crippen molar-refractivity contribution in [2.75, 3.05) is 20.2 Å². The first-order valence-electron chi connectivity index (χ1n) is 6.31. The second-order valence-corrected chi connectivity index (χ2v) is 4.72. The van der Waals surface area contributed by atoms with E-state index in [0.717, 1.165) is 25.9 Å². The van der Waals surface area contributed by atoms with Crippen molar-refractivity contribution in [1.29, 1.82) is 0 Å². The van der Waals surface area contributed by atoms with E-state index in [1.807, 2.05) is 0 Å². The molecule has 1 atom stereocenters. The minimum atomic E-state index is -0.0659. The van der Waals surface area contributed by atoms with Crippen molar-refractivity contribution < 1.29 is 9.53 Å². The van der Waals surface area contributed by atoms with Crippen molar-refractivity contribution in [2.45, 2.75) is 44.6 Å². The molecule has 1 saturated heterocycles. The van der Waals surface area contributed by atoms with Gasteiger partial charge in [-0.15, -0.1) is 0 Å². The number of methoxy groups -OCH3 is 1. The summed E-state index contributed by atoms with van der Waals surface area (Å²) < 4.78 is 4.78. The molecule has 90 valence electrons. The number of nitrogens with zero attached hydrogens (tertiary/aromatic N) is 1. The average Bonchev–Trinajstić information content (AvgIpc) is 2.29. The van der Waals surface area contributed by atoms with Gasteiger partial charge >= 0.3 is 5.97 Å². The van der Waals surface area contributed by atoms with Crippen LogP contribution >= 0.6 is 0 Å². The lowest BCUT2D eigenvalue weighted by Gasteiger charge is -2.39. The van der Waals surface area contributed by atoms with Gasteiger partial charge in [-0.3, -0.25) is 9.69 Å². The van der Waals surface area contributed by atoms with E-state index in [-0.39, 0.29) is 12.0 Å². The molecule has 0 aromatic carbocycles. The zero-order chi connectivity index (χ0) is 11.4. The molecule has 16 heavy (non-hydrogen) atoms. The smallest absolute Gasteiger partial charge is 0.323 e. The summed E-state index contributed by atoms with van der Waals surface area (Å²) in [5.74, 6) is -0.0659. The molecule has 0 aromatic rings. The van der Waals surface area contributed by atoms with Crippen LogP contribution in [0.3, 0.4) is 0 Å². The number of allylic oxidation sites excluding steroid dienone is 1. The highest BCUT2D eigenvalue weighted by molar-refractivity contribution is 5.76. The van der Waals surface area contributed by atoms with Crippen molar-refractivity contribution in [2.24, 2.45) is 0 Å². The zero-order valence-corrected chi connectivity index (χ0v) is 10.1. The topological polar surface area (TPSA) is 29.5 Å². The number of likely N-dealkylation sites (tertiary alicyclic amines) is 1. The molecule has 0 radical (unpaired) electrons. The first-order chi connectivity index (χ1) is 7.81. The highest BCUT2D eigenvalue weighted by atomic mass is 16.5. The molecule has 2 rings (SSSR count). The van der Waals surface area contributed by atoms with Crippen molar-refractivity contribution in [3.8, 4) is 0 Å². The van der Waals surface area contributed by atoms with Gasteiger partial charge in [0.05, 0.1) is 7.11 Å². The molecule has 3 heteroatoms. The molecule has 0 saturated carbocycles. The van der Waals surface area contributed by atoms with Gasteiger partial charge in [0.25, 0.3) is 0 Å². The van der Waals surface area contributed by atoms with Gasteiger partial charge in [-0.25, -0.2) is 0 Å². The third-order valence-electron chi connectivity index (χ3n) is 3.71. The maximum atomic E-state index is 11.4. The van der Waals surface area contributed by atoms with Gasteiger partial charge < -0.3 is 4.74 Å². The molecule has 0 spiro atoms. The average molecular weight is 223 g/mol. The van der Waals surface area contributed by atoms with Crippen molar-refractivity contribution in [1.82, 2.24) is 4.90 Å². The minimum Gasteiger partial charge on any atom is -0.468 e. The monoisotopic (exact) mass is 223 g/mol. The van der Waals surface area contributed by atoms with Crippen LogP contribution in [0.25, 0.3) is 0 Å². The first kappa shape index (κ1) is 11.6. The lowest BCUT2D eigenvalue weighted by molar-refractivity contribution is -0.151. The highest BCUT2D eigenvalue weighted by Gasteiger charge is 2.34. The van der Waals surface area contributed by atoms with Gasteiger partial charge in [-0.1, -0.05) is 11.6 Å². The molecule has 1 aliphatic heterocycles. The number of rotatable bonds is 4. The van der Waals surface area contributed by atoms with E-state index in [0.29, 0.717) is 0 Å². The van der Waals surface area contributed by atoms with Gasteiger partial charge in [0.2, 0.25) is 0 Å². The largest absolute Gasteiger partial charge is 0.468 e. The Morgan fingerprint density at radius 1 is 1.56 bits per heavy atom. The Labute approximate surface area is 97.5 Å². The third kappa shape index (κ3) is 2.64. The molecular weight excluding hydrogens is 202 g/mol. The van der Waals surface area contributed by atoms with E-state index in [2.05, 4.69) is 11.0 Å². The number of hydrogen-bond donors (Lipinski definition) is 0. The molecule has 0 bridgehead atoms. The zero-order valence-electron chi connectivity index (χ0n) is 10.1. The van der Waals surface area contributed by atoms with E-state index in [4.69, 9.17) is 4.74 Å². The molecule has 1 aliphatic carbocycles. The maximum Gasteiger partial charge on any atom is 0.323 e. The van der Waals surface area contributed by atoms with Gasteiger partial charge in [0, 0.05) is 13.1 Å². The van der Waals surface area contributed by atoms with Gasteiger partial charge in [-0.2, -0.15) is 0 Å². The van der Waals surface area contributed by atoms with Crippen LogP contribution in [0, 0.1) is 0 Å². The molecule has 2 aliphatic rings. The van der Waals surface area contributed by atoms with Crippen LogP contribution in [0.15, 0.2) is 11.6 Å². The van der Waals surface area contributed by atoms with Crippen LogP contribution in [-0.4, -0.2) is 37.1 Å². The molecule has 3 nitrogen and oxygen atoms in total. The predicted molar refractivity (Wildman–Crippen MR) is 63.2 cm³/mol. The number of esters is 1. The molecule has 1 fully saturated rings. The van der Waals surface area contributed by atoms with E-state index >= 15 is 0 Å². The Hall–Kier alpha value is -0.830. The Bertz CT molecular complexity index is 286. The number of carbonyl (C=O) groups is 1. The lowest BCUT2D eigenvalue weighted by Crippen LogP contribution is -2.53. The van der Waals surface area contributed by atoms with Crippen LogP contribution in [-0.2, 0) is 9.53 Å².